The lowest BCUT2D eigenvalue weighted by Crippen LogP contribution is -2.36. The van der Waals surface area contributed by atoms with E-state index in [2.05, 4.69) is 54.3 Å². The number of fused-ring (bicyclic) bond motifs is 1. The van der Waals surface area contributed by atoms with E-state index >= 15 is 0 Å². The van der Waals surface area contributed by atoms with Gasteiger partial charge in [0.05, 0.1) is 0 Å². The van der Waals surface area contributed by atoms with Crippen LogP contribution >= 0.6 is 0 Å². The minimum absolute atomic E-state index is 0.0157. The molecule has 1 aromatic heterocycles. The summed E-state index contributed by atoms with van der Waals surface area (Å²) < 4.78 is 0. The highest BCUT2D eigenvalue weighted by atomic mass is 16.2. The van der Waals surface area contributed by atoms with Crippen molar-refractivity contribution in [3.63, 3.8) is 0 Å². The molecule has 148 valence electrons. The van der Waals surface area contributed by atoms with Crippen LogP contribution in [-0.2, 0) is 18.4 Å². The lowest BCUT2D eigenvalue weighted by Gasteiger charge is -2.28. The Morgan fingerprint density at radius 1 is 1.00 bits per heavy atom. The number of benzene rings is 2. The number of nitrogens with one attached hydrogen (secondary N) is 1. The number of carbonyl (C=O) groups is 1. The first-order valence-corrected chi connectivity index (χ1v) is 9.97. The van der Waals surface area contributed by atoms with Crippen LogP contribution in [0.3, 0.4) is 0 Å². The smallest absolute Gasteiger partial charge is 0.272 e. The maximum atomic E-state index is 13.0. The van der Waals surface area contributed by atoms with Gasteiger partial charge in [0.2, 0.25) is 5.95 Å². The largest absolute Gasteiger partial charge is 0.333 e. The molecule has 0 saturated carbocycles. The lowest BCUT2D eigenvalue weighted by molar-refractivity contribution is 0.0728. The fourth-order valence-electron chi connectivity index (χ4n) is 3.74. The van der Waals surface area contributed by atoms with Gasteiger partial charge >= 0.3 is 0 Å². The van der Waals surface area contributed by atoms with Gasteiger partial charge in [-0.1, -0.05) is 63.2 Å². The molecule has 1 aliphatic heterocycles. The van der Waals surface area contributed by atoms with Gasteiger partial charge < -0.3 is 10.2 Å². The molecular formula is C24H26N4O. The molecule has 1 N–H and O–H groups in total. The maximum Gasteiger partial charge on any atom is 0.272 e. The highest BCUT2D eigenvalue weighted by Crippen LogP contribution is 2.30. The predicted octanol–water partition coefficient (Wildman–Crippen LogP) is 4.72. The van der Waals surface area contributed by atoms with Crippen molar-refractivity contribution in [2.45, 2.75) is 39.2 Å². The van der Waals surface area contributed by atoms with Crippen LogP contribution in [0.5, 0.6) is 0 Å². The third-order valence-corrected chi connectivity index (χ3v) is 5.27. The molecule has 3 aromatic rings. The molecule has 1 amide bonds. The number of hydrogen-bond acceptors (Lipinski definition) is 4. The molecule has 5 nitrogen and oxygen atoms in total. The fourth-order valence-corrected chi connectivity index (χ4v) is 3.74. The van der Waals surface area contributed by atoms with E-state index in [1.807, 2.05) is 35.2 Å². The van der Waals surface area contributed by atoms with Crippen LogP contribution in [-0.4, -0.2) is 27.3 Å². The number of anilines is 2. The zero-order valence-electron chi connectivity index (χ0n) is 17.1. The Labute approximate surface area is 171 Å². The Morgan fingerprint density at radius 3 is 2.52 bits per heavy atom. The topological polar surface area (TPSA) is 58.1 Å². The van der Waals surface area contributed by atoms with Gasteiger partial charge in [-0.25, -0.2) is 9.97 Å². The van der Waals surface area contributed by atoms with Gasteiger partial charge in [-0.05, 0) is 40.7 Å². The number of hydrogen-bond donors (Lipinski definition) is 1. The van der Waals surface area contributed by atoms with E-state index in [0.29, 0.717) is 24.7 Å². The SMILES string of the molecule is CC(C)(C)c1ccccc1Nc1nccc(C(=O)N2CCc3ccccc3C2)n1. The molecular weight excluding hydrogens is 360 g/mol. The Balaban J connectivity index is 1.55. The molecule has 0 spiro atoms. The van der Waals surface area contributed by atoms with Gasteiger partial charge in [0, 0.05) is 25.0 Å². The summed E-state index contributed by atoms with van der Waals surface area (Å²) in [5, 5.41) is 3.30. The third-order valence-electron chi connectivity index (χ3n) is 5.27. The number of carbonyl (C=O) groups excluding carboxylic acids is 1. The van der Waals surface area contributed by atoms with Crippen molar-refractivity contribution in [3.8, 4) is 0 Å². The molecule has 0 atom stereocenters. The monoisotopic (exact) mass is 386 g/mol. The van der Waals surface area contributed by atoms with Crippen LogP contribution in [0.15, 0.2) is 60.8 Å². The van der Waals surface area contributed by atoms with Crippen molar-refractivity contribution < 1.29 is 4.79 Å². The summed E-state index contributed by atoms with van der Waals surface area (Å²) in [5.74, 6) is 0.374. The first kappa shape index (κ1) is 19.1. The third kappa shape index (κ3) is 4.14. The summed E-state index contributed by atoms with van der Waals surface area (Å²) in [4.78, 5) is 23.7. The van der Waals surface area contributed by atoms with Gasteiger partial charge in [-0.15, -0.1) is 0 Å². The lowest BCUT2D eigenvalue weighted by atomic mass is 9.86. The second kappa shape index (κ2) is 7.66. The van der Waals surface area contributed by atoms with Gasteiger partial charge in [0.25, 0.3) is 5.91 Å². The average Bonchev–Trinajstić information content (AvgIpc) is 2.73. The minimum Gasteiger partial charge on any atom is -0.333 e. The molecule has 0 saturated heterocycles. The molecule has 4 rings (SSSR count). The van der Waals surface area contributed by atoms with Crippen LogP contribution in [0.4, 0.5) is 11.6 Å². The number of aromatic nitrogens is 2. The van der Waals surface area contributed by atoms with Gasteiger partial charge in [-0.2, -0.15) is 0 Å². The molecule has 0 aliphatic carbocycles. The highest BCUT2D eigenvalue weighted by Gasteiger charge is 2.23. The summed E-state index contributed by atoms with van der Waals surface area (Å²) in [6, 6.07) is 18.1. The maximum absolute atomic E-state index is 13.0. The van der Waals surface area contributed by atoms with Crippen molar-refractivity contribution in [2.24, 2.45) is 0 Å². The standard InChI is InChI=1S/C24H26N4O/c1-24(2,3)19-10-6-7-11-20(19)26-23-25-14-12-21(27-23)22(29)28-15-13-17-8-4-5-9-18(17)16-28/h4-12,14H,13,15-16H2,1-3H3,(H,25,26,27). The Hall–Kier alpha value is -3.21. The van der Waals surface area contributed by atoms with Crippen molar-refractivity contribution in [1.29, 1.82) is 0 Å². The van der Waals surface area contributed by atoms with Crippen LogP contribution in [0.1, 0.15) is 48.0 Å². The van der Waals surface area contributed by atoms with E-state index in [1.165, 1.54) is 16.7 Å². The van der Waals surface area contributed by atoms with E-state index in [0.717, 1.165) is 12.1 Å². The van der Waals surface area contributed by atoms with E-state index < -0.39 is 0 Å². The van der Waals surface area contributed by atoms with Crippen LogP contribution < -0.4 is 5.32 Å². The highest BCUT2D eigenvalue weighted by molar-refractivity contribution is 5.92. The molecule has 0 radical (unpaired) electrons. The predicted molar refractivity (Wildman–Crippen MR) is 115 cm³/mol. The average molecular weight is 386 g/mol. The quantitative estimate of drug-likeness (QED) is 0.708. The van der Waals surface area contributed by atoms with Gasteiger partial charge in [0.15, 0.2) is 0 Å². The Bertz CT molecular complexity index is 1040. The molecule has 1 aliphatic rings. The first-order chi connectivity index (χ1) is 13.9. The van der Waals surface area contributed by atoms with Crippen molar-refractivity contribution >= 4 is 17.5 Å². The van der Waals surface area contributed by atoms with Crippen LogP contribution in [0.2, 0.25) is 0 Å². The van der Waals surface area contributed by atoms with Crippen molar-refractivity contribution in [3.05, 3.63) is 83.2 Å². The van der Waals surface area contributed by atoms with E-state index in [-0.39, 0.29) is 11.3 Å². The summed E-state index contributed by atoms with van der Waals surface area (Å²) >= 11 is 0. The number of amides is 1. The second-order valence-corrected chi connectivity index (χ2v) is 8.43. The van der Waals surface area contributed by atoms with Crippen LogP contribution in [0.25, 0.3) is 0 Å². The zero-order chi connectivity index (χ0) is 20.4. The number of rotatable bonds is 3. The van der Waals surface area contributed by atoms with Gasteiger partial charge in [0.1, 0.15) is 5.69 Å². The molecule has 29 heavy (non-hydrogen) atoms. The zero-order valence-corrected chi connectivity index (χ0v) is 17.1. The molecule has 2 aromatic carbocycles. The summed E-state index contributed by atoms with van der Waals surface area (Å²) in [5.41, 5.74) is 5.05. The van der Waals surface area contributed by atoms with Crippen molar-refractivity contribution in [1.82, 2.24) is 14.9 Å². The molecule has 2 heterocycles. The number of para-hydroxylation sites is 1. The normalized spacial score (nSPS) is 13.7. The van der Waals surface area contributed by atoms with Crippen molar-refractivity contribution in [2.75, 3.05) is 11.9 Å². The number of nitrogens with zero attached hydrogens (tertiary/aromatic N) is 3. The Morgan fingerprint density at radius 2 is 1.72 bits per heavy atom. The fraction of sp³-hybridized carbons (Fsp3) is 0.292. The Kier molecular flexibility index (Phi) is 5.05. The van der Waals surface area contributed by atoms with E-state index in [1.54, 1.807) is 12.3 Å². The summed E-state index contributed by atoms with van der Waals surface area (Å²) in [6.45, 7) is 7.83. The molecule has 5 heteroatoms. The first-order valence-electron chi connectivity index (χ1n) is 9.97. The van der Waals surface area contributed by atoms with Crippen LogP contribution in [0, 0.1) is 0 Å². The minimum atomic E-state index is -0.0611. The summed E-state index contributed by atoms with van der Waals surface area (Å²) in [7, 11) is 0. The second-order valence-electron chi connectivity index (χ2n) is 8.43. The molecule has 0 fully saturated rings. The molecule has 0 bridgehead atoms. The summed E-state index contributed by atoms with van der Waals surface area (Å²) in [6.07, 6.45) is 2.51. The van der Waals surface area contributed by atoms with E-state index in [9.17, 15) is 4.79 Å². The molecule has 0 unspecified atom stereocenters. The van der Waals surface area contributed by atoms with E-state index in [4.69, 9.17) is 0 Å². The van der Waals surface area contributed by atoms with Gasteiger partial charge in [-0.3, -0.25) is 4.79 Å².